The van der Waals surface area contributed by atoms with Gasteiger partial charge in [-0.2, -0.15) is 5.10 Å². The number of aliphatic hydroxyl groups excluding tert-OH is 1. The van der Waals surface area contributed by atoms with Crippen LogP contribution in [0.1, 0.15) is 30.0 Å². The molecule has 0 aliphatic carbocycles. The van der Waals surface area contributed by atoms with Crippen molar-refractivity contribution in [2.45, 2.75) is 32.9 Å². The molecule has 2 aromatic rings. The van der Waals surface area contributed by atoms with Gasteiger partial charge in [0.15, 0.2) is 0 Å². The van der Waals surface area contributed by atoms with Crippen molar-refractivity contribution in [1.82, 2.24) is 14.8 Å². The van der Waals surface area contributed by atoms with Crippen LogP contribution in [0.4, 0.5) is 0 Å². The molecule has 1 heterocycles. The molecule has 1 N–H and O–H groups in total. The van der Waals surface area contributed by atoms with Gasteiger partial charge in [-0.1, -0.05) is 22.0 Å². The van der Waals surface area contributed by atoms with Crippen molar-refractivity contribution in [3.05, 3.63) is 46.0 Å². The van der Waals surface area contributed by atoms with Crippen LogP contribution in [-0.4, -0.2) is 19.9 Å². The van der Waals surface area contributed by atoms with E-state index in [2.05, 4.69) is 26.0 Å². The zero-order chi connectivity index (χ0) is 13.1. The maximum Gasteiger partial charge on any atom is 0.138 e. The smallest absolute Gasteiger partial charge is 0.138 e. The standard InChI is InChI=1S/C13H16BrN3O/c1-3-17-13(15-8-16-17)7-12(18)10-4-9(2)5-11(14)6-10/h4-6,8,12,18H,3,7H2,1-2H3. The Kier molecular flexibility index (Phi) is 4.14. The number of nitrogens with zero attached hydrogens (tertiary/aromatic N) is 3. The summed E-state index contributed by atoms with van der Waals surface area (Å²) in [6.45, 7) is 4.78. The highest BCUT2D eigenvalue weighted by Crippen LogP contribution is 2.22. The van der Waals surface area contributed by atoms with Crippen molar-refractivity contribution in [2.75, 3.05) is 0 Å². The molecule has 0 bridgehead atoms. The molecule has 0 aliphatic rings. The number of hydrogen-bond donors (Lipinski definition) is 1. The first-order chi connectivity index (χ1) is 8.60. The summed E-state index contributed by atoms with van der Waals surface area (Å²) >= 11 is 3.44. The Bertz CT molecular complexity index is 519. The van der Waals surface area contributed by atoms with Crippen molar-refractivity contribution < 1.29 is 5.11 Å². The summed E-state index contributed by atoms with van der Waals surface area (Å²) in [5.41, 5.74) is 2.02. The van der Waals surface area contributed by atoms with Crippen molar-refractivity contribution >= 4 is 15.9 Å². The molecule has 4 nitrogen and oxygen atoms in total. The summed E-state index contributed by atoms with van der Waals surface area (Å²) in [4.78, 5) is 4.18. The van der Waals surface area contributed by atoms with Crippen LogP contribution in [0.15, 0.2) is 29.0 Å². The van der Waals surface area contributed by atoms with Crippen LogP contribution >= 0.6 is 15.9 Å². The first kappa shape index (κ1) is 13.2. The molecule has 1 aromatic carbocycles. The Hall–Kier alpha value is -1.20. The first-order valence-electron chi connectivity index (χ1n) is 5.92. The van der Waals surface area contributed by atoms with Gasteiger partial charge in [-0.05, 0) is 37.1 Å². The van der Waals surface area contributed by atoms with E-state index in [-0.39, 0.29) is 0 Å². The zero-order valence-corrected chi connectivity index (χ0v) is 12.1. The maximum absolute atomic E-state index is 10.3. The number of aromatic nitrogens is 3. The zero-order valence-electron chi connectivity index (χ0n) is 10.5. The van der Waals surface area contributed by atoms with Crippen LogP contribution in [0.3, 0.4) is 0 Å². The summed E-state index contributed by atoms with van der Waals surface area (Å²) in [6.07, 6.45) is 1.44. The van der Waals surface area contributed by atoms with Crippen LogP contribution in [-0.2, 0) is 13.0 Å². The van der Waals surface area contributed by atoms with E-state index in [9.17, 15) is 5.11 Å². The average Bonchev–Trinajstić information content (AvgIpc) is 2.75. The fourth-order valence-electron chi connectivity index (χ4n) is 1.96. The minimum absolute atomic E-state index is 0.476. The summed E-state index contributed by atoms with van der Waals surface area (Å²) in [6, 6.07) is 5.94. The Labute approximate surface area is 115 Å². The molecule has 96 valence electrons. The predicted molar refractivity (Wildman–Crippen MR) is 73.2 cm³/mol. The Morgan fingerprint density at radius 2 is 2.17 bits per heavy atom. The molecule has 1 aromatic heterocycles. The van der Waals surface area contributed by atoms with Crippen molar-refractivity contribution in [3.63, 3.8) is 0 Å². The average molecular weight is 310 g/mol. The molecule has 0 amide bonds. The van der Waals surface area contributed by atoms with Crippen molar-refractivity contribution in [1.29, 1.82) is 0 Å². The van der Waals surface area contributed by atoms with Gasteiger partial charge < -0.3 is 5.11 Å². The van der Waals surface area contributed by atoms with Gasteiger partial charge in [0, 0.05) is 17.4 Å². The highest BCUT2D eigenvalue weighted by Gasteiger charge is 2.13. The molecule has 0 spiro atoms. The van der Waals surface area contributed by atoms with Crippen LogP contribution in [0.2, 0.25) is 0 Å². The second-order valence-electron chi connectivity index (χ2n) is 4.27. The fourth-order valence-corrected chi connectivity index (χ4v) is 2.58. The van der Waals surface area contributed by atoms with E-state index < -0.39 is 6.10 Å². The van der Waals surface area contributed by atoms with E-state index in [1.807, 2.05) is 32.0 Å². The lowest BCUT2D eigenvalue weighted by Gasteiger charge is -2.12. The quantitative estimate of drug-likeness (QED) is 0.944. The Balaban J connectivity index is 2.19. The summed E-state index contributed by atoms with van der Waals surface area (Å²) in [7, 11) is 0. The van der Waals surface area contributed by atoms with E-state index in [0.29, 0.717) is 6.42 Å². The van der Waals surface area contributed by atoms with Crippen molar-refractivity contribution in [2.24, 2.45) is 0 Å². The van der Waals surface area contributed by atoms with Gasteiger partial charge in [0.1, 0.15) is 12.2 Å². The number of benzene rings is 1. The van der Waals surface area contributed by atoms with E-state index in [1.54, 1.807) is 4.68 Å². The van der Waals surface area contributed by atoms with Crippen LogP contribution in [0, 0.1) is 6.92 Å². The predicted octanol–water partition coefficient (Wildman–Crippen LogP) is 2.65. The van der Waals surface area contributed by atoms with Gasteiger partial charge in [-0.15, -0.1) is 0 Å². The van der Waals surface area contributed by atoms with Gasteiger partial charge in [-0.25, -0.2) is 4.98 Å². The van der Waals surface area contributed by atoms with E-state index in [4.69, 9.17) is 0 Å². The lowest BCUT2D eigenvalue weighted by atomic mass is 10.0. The van der Waals surface area contributed by atoms with E-state index >= 15 is 0 Å². The minimum Gasteiger partial charge on any atom is -0.388 e. The first-order valence-corrected chi connectivity index (χ1v) is 6.71. The molecular formula is C13H16BrN3O. The molecule has 5 heteroatoms. The Morgan fingerprint density at radius 3 is 2.83 bits per heavy atom. The molecular weight excluding hydrogens is 294 g/mol. The molecule has 1 atom stereocenters. The molecule has 0 fully saturated rings. The molecule has 0 radical (unpaired) electrons. The third kappa shape index (κ3) is 2.97. The van der Waals surface area contributed by atoms with Gasteiger partial charge in [0.2, 0.25) is 0 Å². The lowest BCUT2D eigenvalue weighted by molar-refractivity contribution is 0.174. The van der Waals surface area contributed by atoms with E-state index in [0.717, 1.165) is 28.0 Å². The fraction of sp³-hybridized carbons (Fsp3) is 0.385. The van der Waals surface area contributed by atoms with Gasteiger partial charge in [0.05, 0.1) is 6.10 Å². The molecule has 1 unspecified atom stereocenters. The van der Waals surface area contributed by atoms with Crippen LogP contribution in [0.25, 0.3) is 0 Å². The monoisotopic (exact) mass is 309 g/mol. The summed E-state index contributed by atoms with van der Waals surface area (Å²) in [5, 5.41) is 14.4. The van der Waals surface area contributed by atoms with Crippen molar-refractivity contribution in [3.8, 4) is 0 Å². The van der Waals surface area contributed by atoms with Crippen LogP contribution in [0.5, 0.6) is 0 Å². The van der Waals surface area contributed by atoms with Crippen LogP contribution < -0.4 is 0 Å². The maximum atomic E-state index is 10.3. The second-order valence-corrected chi connectivity index (χ2v) is 5.19. The van der Waals surface area contributed by atoms with Gasteiger partial charge in [0.25, 0.3) is 0 Å². The highest BCUT2D eigenvalue weighted by molar-refractivity contribution is 9.10. The summed E-state index contributed by atoms with van der Waals surface area (Å²) < 4.78 is 2.78. The molecule has 0 saturated heterocycles. The van der Waals surface area contributed by atoms with E-state index in [1.165, 1.54) is 6.33 Å². The Morgan fingerprint density at radius 1 is 1.39 bits per heavy atom. The highest BCUT2D eigenvalue weighted by atomic mass is 79.9. The molecule has 0 saturated carbocycles. The second kappa shape index (κ2) is 5.63. The van der Waals surface area contributed by atoms with Gasteiger partial charge >= 0.3 is 0 Å². The number of rotatable bonds is 4. The largest absolute Gasteiger partial charge is 0.388 e. The molecule has 18 heavy (non-hydrogen) atoms. The minimum atomic E-state index is -0.560. The molecule has 0 aliphatic heterocycles. The van der Waals surface area contributed by atoms with Gasteiger partial charge in [-0.3, -0.25) is 4.68 Å². The molecule has 2 rings (SSSR count). The topological polar surface area (TPSA) is 50.9 Å². The number of aryl methyl sites for hydroxylation is 2. The number of halogens is 1. The third-order valence-electron chi connectivity index (χ3n) is 2.82. The SMILES string of the molecule is CCn1ncnc1CC(O)c1cc(C)cc(Br)c1. The number of aliphatic hydroxyl groups is 1. The number of hydrogen-bond acceptors (Lipinski definition) is 3. The lowest BCUT2D eigenvalue weighted by Crippen LogP contribution is -2.09. The third-order valence-corrected chi connectivity index (χ3v) is 3.28. The summed E-state index contributed by atoms with van der Waals surface area (Å²) in [5.74, 6) is 0.808. The normalized spacial score (nSPS) is 12.7.